The molecule has 1 N–H and O–H groups in total. The van der Waals surface area contributed by atoms with E-state index in [9.17, 15) is 18.0 Å². The third-order valence-electron chi connectivity index (χ3n) is 5.04. The van der Waals surface area contributed by atoms with Crippen molar-refractivity contribution in [3.05, 3.63) is 62.6 Å². The van der Waals surface area contributed by atoms with Crippen molar-refractivity contribution >= 4 is 62.3 Å². The number of likely N-dealkylation sites (N-methyl/N-ethyl adjacent to an activating group) is 1. The van der Waals surface area contributed by atoms with Crippen molar-refractivity contribution in [3.63, 3.8) is 0 Å². The van der Waals surface area contributed by atoms with E-state index in [1.54, 1.807) is 57.2 Å². The average molecular weight is 535 g/mol. The molecule has 0 bridgehead atoms. The van der Waals surface area contributed by atoms with Gasteiger partial charge in [-0.15, -0.1) is 0 Å². The number of amides is 2. The predicted octanol–water partition coefficient (Wildman–Crippen LogP) is 4.27. The Kier molecular flexibility index (Phi) is 9.43. The van der Waals surface area contributed by atoms with Crippen LogP contribution in [0, 0.1) is 6.92 Å². The van der Waals surface area contributed by atoms with Crippen molar-refractivity contribution in [2.24, 2.45) is 0 Å². The van der Waals surface area contributed by atoms with Crippen LogP contribution in [0.25, 0.3) is 0 Å². The van der Waals surface area contributed by atoms with E-state index < -0.39 is 28.5 Å². The molecular weight excluding hydrogens is 509 g/mol. The second-order valence-corrected chi connectivity index (χ2v) is 10.6. The van der Waals surface area contributed by atoms with Gasteiger partial charge >= 0.3 is 0 Å². The Morgan fingerprint density at radius 2 is 1.73 bits per heavy atom. The lowest BCUT2D eigenvalue weighted by Gasteiger charge is -2.32. The molecule has 2 rings (SSSR count). The molecule has 0 radical (unpaired) electrons. The van der Waals surface area contributed by atoms with Crippen LogP contribution in [0.5, 0.6) is 0 Å². The minimum absolute atomic E-state index is 0.0279. The monoisotopic (exact) mass is 533 g/mol. The van der Waals surface area contributed by atoms with E-state index in [0.29, 0.717) is 38.4 Å². The summed E-state index contributed by atoms with van der Waals surface area (Å²) >= 11 is 18.3. The zero-order valence-electron chi connectivity index (χ0n) is 18.7. The third-order valence-corrected chi connectivity index (χ3v) is 7.32. The molecule has 11 heteroatoms. The number of hydrogen-bond donors (Lipinski definition) is 1. The Morgan fingerprint density at radius 3 is 2.30 bits per heavy atom. The third kappa shape index (κ3) is 6.99. The van der Waals surface area contributed by atoms with Gasteiger partial charge in [-0.2, -0.15) is 0 Å². The predicted molar refractivity (Wildman–Crippen MR) is 134 cm³/mol. The maximum Gasteiger partial charge on any atom is 0.244 e. The van der Waals surface area contributed by atoms with Crippen molar-refractivity contribution < 1.29 is 18.0 Å². The minimum atomic E-state index is -3.84. The van der Waals surface area contributed by atoms with Crippen LogP contribution in [0.2, 0.25) is 15.1 Å². The van der Waals surface area contributed by atoms with Gasteiger partial charge in [0, 0.05) is 18.1 Å². The van der Waals surface area contributed by atoms with Crippen LogP contribution in [0.15, 0.2) is 36.4 Å². The topological polar surface area (TPSA) is 86.8 Å². The molecule has 0 saturated carbocycles. The first kappa shape index (κ1) is 27.2. The zero-order valence-corrected chi connectivity index (χ0v) is 21.8. The number of nitrogens with one attached hydrogen (secondary N) is 1. The largest absolute Gasteiger partial charge is 0.355 e. The summed E-state index contributed by atoms with van der Waals surface area (Å²) in [5.41, 5.74) is 1.45. The van der Waals surface area contributed by atoms with Crippen LogP contribution in [0.3, 0.4) is 0 Å². The zero-order chi connectivity index (χ0) is 24.9. The molecule has 0 spiro atoms. The van der Waals surface area contributed by atoms with Crippen molar-refractivity contribution in [1.82, 2.24) is 10.2 Å². The van der Waals surface area contributed by atoms with Gasteiger partial charge in [0.15, 0.2) is 0 Å². The van der Waals surface area contributed by atoms with Crippen LogP contribution in [-0.2, 0) is 26.2 Å². The standard InChI is InChI=1S/C22H26Cl3N3O4S/c1-5-26-22(30)15(3)27(12-16-9-10-18(24)19(25)11-16)21(29)13-28(33(4,31)32)20-8-6-7-17(23)14(20)2/h6-11,15H,5,12-13H2,1-4H3,(H,26,30)/t15-/m0/s1. The van der Waals surface area contributed by atoms with E-state index >= 15 is 0 Å². The van der Waals surface area contributed by atoms with Crippen LogP contribution >= 0.6 is 34.8 Å². The Bertz CT molecular complexity index is 1140. The van der Waals surface area contributed by atoms with Gasteiger partial charge in [0.05, 0.1) is 22.0 Å². The van der Waals surface area contributed by atoms with Gasteiger partial charge in [0.25, 0.3) is 0 Å². The minimum Gasteiger partial charge on any atom is -0.355 e. The quantitative estimate of drug-likeness (QED) is 0.520. The molecule has 2 aromatic rings. The Morgan fingerprint density at radius 1 is 1.06 bits per heavy atom. The Labute approximate surface area is 209 Å². The second-order valence-electron chi connectivity index (χ2n) is 7.49. The van der Waals surface area contributed by atoms with Crippen molar-refractivity contribution in [2.75, 3.05) is 23.7 Å². The lowest BCUT2D eigenvalue weighted by atomic mass is 10.1. The van der Waals surface area contributed by atoms with E-state index in [2.05, 4.69) is 5.32 Å². The van der Waals surface area contributed by atoms with Crippen LogP contribution in [0.4, 0.5) is 5.69 Å². The lowest BCUT2D eigenvalue weighted by molar-refractivity contribution is -0.139. The molecule has 0 heterocycles. The molecule has 0 fully saturated rings. The van der Waals surface area contributed by atoms with Crippen molar-refractivity contribution in [1.29, 1.82) is 0 Å². The number of halogens is 3. The highest BCUT2D eigenvalue weighted by Gasteiger charge is 2.30. The van der Waals surface area contributed by atoms with Crippen LogP contribution < -0.4 is 9.62 Å². The van der Waals surface area contributed by atoms with Gasteiger partial charge in [0.1, 0.15) is 12.6 Å². The first-order valence-corrected chi connectivity index (χ1v) is 13.1. The van der Waals surface area contributed by atoms with E-state index in [-0.39, 0.29) is 12.5 Å². The first-order valence-electron chi connectivity index (χ1n) is 10.1. The second kappa shape index (κ2) is 11.4. The summed E-state index contributed by atoms with van der Waals surface area (Å²) < 4.78 is 26.2. The Balaban J connectivity index is 2.45. The van der Waals surface area contributed by atoms with Gasteiger partial charge in [-0.25, -0.2) is 8.42 Å². The number of hydrogen-bond acceptors (Lipinski definition) is 4. The molecule has 0 aliphatic rings. The highest BCUT2D eigenvalue weighted by Crippen LogP contribution is 2.29. The molecule has 0 aliphatic carbocycles. The SMILES string of the molecule is CCNC(=O)[C@H](C)N(Cc1ccc(Cl)c(Cl)c1)C(=O)CN(c1cccc(Cl)c1C)S(C)(=O)=O. The maximum atomic E-state index is 13.4. The highest BCUT2D eigenvalue weighted by atomic mass is 35.5. The number of carbonyl (C=O) groups is 2. The number of benzene rings is 2. The summed E-state index contributed by atoms with van der Waals surface area (Å²) in [6.45, 7) is 4.92. The normalized spacial score (nSPS) is 12.2. The smallest absolute Gasteiger partial charge is 0.244 e. The molecule has 0 aliphatic heterocycles. The molecular formula is C22H26Cl3N3O4S. The molecule has 2 aromatic carbocycles. The first-order chi connectivity index (χ1) is 15.4. The molecule has 0 aromatic heterocycles. The molecule has 1 atom stereocenters. The van der Waals surface area contributed by atoms with Crippen LogP contribution in [-0.4, -0.2) is 50.5 Å². The summed E-state index contributed by atoms with van der Waals surface area (Å²) in [6.07, 6.45) is 1.01. The summed E-state index contributed by atoms with van der Waals surface area (Å²) in [5, 5.41) is 3.72. The van der Waals surface area contributed by atoms with E-state index in [0.717, 1.165) is 10.6 Å². The summed E-state index contributed by atoms with van der Waals surface area (Å²) in [6, 6.07) is 8.84. The van der Waals surface area contributed by atoms with Gasteiger partial charge in [0.2, 0.25) is 21.8 Å². The van der Waals surface area contributed by atoms with Gasteiger partial charge < -0.3 is 10.2 Å². The molecule has 180 valence electrons. The fraction of sp³-hybridized carbons (Fsp3) is 0.364. The number of rotatable bonds is 9. The summed E-state index contributed by atoms with van der Waals surface area (Å²) in [4.78, 5) is 27.3. The van der Waals surface area contributed by atoms with E-state index in [4.69, 9.17) is 34.8 Å². The number of sulfonamides is 1. The number of nitrogens with zero attached hydrogens (tertiary/aromatic N) is 2. The van der Waals surface area contributed by atoms with E-state index in [1.165, 1.54) is 4.90 Å². The molecule has 2 amide bonds. The van der Waals surface area contributed by atoms with Gasteiger partial charge in [-0.1, -0.05) is 46.9 Å². The van der Waals surface area contributed by atoms with E-state index in [1.807, 2.05) is 0 Å². The van der Waals surface area contributed by atoms with Gasteiger partial charge in [-0.3, -0.25) is 13.9 Å². The lowest BCUT2D eigenvalue weighted by Crippen LogP contribution is -2.51. The summed E-state index contributed by atoms with van der Waals surface area (Å²) in [7, 11) is -3.84. The summed E-state index contributed by atoms with van der Waals surface area (Å²) in [5.74, 6) is -0.930. The highest BCUT2D eigenvalue weighted by molar-refractivity contribution is 7.92. The number of anilines is 1. The number of carbonyl (C=O) groups excluding carboxylic acids is 2. The van der Waals surface area contributed by atoms with Crippen LogP contribution in [0.1, 0.15) is 25.0 Å². The Hall–Kier alpha value is -2.00. The molecule has 0 saturated heterocycles. The molecule has 7 nitrogen and oxygen atoms in total. The molecule has 33 heavy (non-hydrogen) atoms. The maximum absolute atomic E-state index is 13.4. The van der Waals surface area contributed by atoms with Gasteiger partial charge in [-0.05, 0) is 56.2 Å². The van der Waals surface area contributed by atoms with Crippen molar-refractivity contribution in [2.45, 2.75) is 33.4 Å². The van der Waals surface area contributed by atoms with Crippen molar-refractivity contribution in [3.8, 4) is 0 Å². The molecule has 0 unspecified atom stereocenters. The fourth-order valence-corrected chi connectivity index (χ4v) is 4.59. The fourth-order valence-electron chi connectivity index (χ4n) is 3.20. The average Bonchev–Trinajstić information content (AvgIpc) is 2.73.